The summed E-state index contributed by atoms with van der Waals surface area (Å²) in [6.07, 6.45) is 0.518. The Hall–Kier alpha value is -2.36. The Morgan fingerprint density at radius 3 is 2.52 bits per heavy atom. The Kier molecular flexibility index (Phi) is 7.29. The minimum atomic E-state index is -3.20. The number of nitrogens with zero attached hydrogens (tertiary/aromatic N) is 3. The van der Waals surface area contributed by atoms with Gasteiger partial charge in [-0.2, -0.15) is 0 Å². The van der Waals surface area contributed by atoms with Gasteiger partial charge in [0.25, 0.3) is 0 Å². The summed E-state index contributed by atoms with van der Waals surface area (Å²) in [5, 5.41) is 9.34. The standard InChI is InChI=1S/C20H24N4O3S2/c1-16-9-6-7-12-18(16)27-15-19-22-23-20(24(19)17-10-4-3-5-11-17)28-13-8-14-29(25,26)21-2/h3-7,9-12,21H,8,13-15H2,1-2H3. The van der Waals surface area contributed by atoms with Gasteiger partial charge in [-0.25, -0.2) is 13.1 Å². The van der Waals surface area contributed by atoms with Crippen molar-refractivity contribution >= 4 is 21.8 Å². The van der Waals surface area contributed by atoms with Gasteiger partial charge in [0.05, 0.1) is 5.75 Å². The molecule has 0 radical (unpaired) electrons. The van der Waals surface area contributed by atoms with Crippen LogP contribution in [-0.2, 0) is 16.6 Å². The molecule has 3 aromatic rings. The highest BCUT2D eigenvalue weighted by atomic mass is 32.2. The second kappa shape index (κ2) is 9.91. The summed E-state index contributed by atoms with van der Waals surface area (Å²) in [5.74, 6) is 2.19. The normalized spacial score (nSPS) is 11.5. The van der Waals surface area contributed by atoms with Gasteiger partial charge in [-0.15, -0.1) is 10.2 Å². The van der Waals surface area contributed by atoms with Crippen LogP contribution in [0.15, 0.2) is 59.8 Å². The van der Waals surface area contributed by atoms with Gasteiger partial charge in [0.2, 0.25) is 10.0 Å². The number of rotatable bonds is 10. The zero-order valence-electron chi connectivity index (χ0n) is 16.4. The fraction of sp³-hybridized carbons (Fsp3) is 0.300. The molecule has 2 aromatic carbocycles. The molecule has 0 bridgehead atoms. The maximum Gasteiger partial charge on any atom is 0.211 e. The molecule has 154 valence electrons. The van der Waals surface area contributed by atoms with Crippen LogP contribution in [0.1, 0.15) is 17.8 Å². The smallest absolute Gasteiger partial charge is 0.211 e. The van der Waals surface area contributed by atoms with Gasteiger partial charge in [0, 0.05) is 11.4 Å². The molecule has 0 aliphatic carbocycles. The highest BCUT2D eigenvalue weighted by Crippen LogP contribution is 2.24. The van der Waals surface area contributed by atoms with Crippen molar-refractivity contribution in [3.8, 4) is 11.4 Å². The minimum absolute atomic E-state index is 0.0826. The third-order valence-corrected chi connectivity index (χ3v) is 6.73. The van der Waals surface area contributed by atoms with Crippen LogP contribution in [0, 0.1) is 6.92 Å². The lowest BCUT2D eigenvalue weighted by Gasteiger charge is -2.12. The first-order valence-electron chi connectivity index (χ1n) is 9.22. The highest BCUT2D eigenvalue weighted by molar-refractivity contribution is 7.99. The van der Waals surface area contributed by atoms with E-state index in [0.29, 0.717) is 23.2 Å². The number of sulfonamides is 1. The molecular weight excluding hydrogens is 408 g/mol. The molecule has 7 nitrogen and oxygen atoms in total. The molecule has 0 saturated carbocycles. The first kappa shape index (κ1) is 21.4. The summed E-state index contributed by atoms with van der Waals surface area (Å²) in [7, 11) is -1.77. The Labute approximate surface area is 175 Å². The summed E-state index contributed by atoms with van der Waals surface area (Å²) >= 11 is 1.48. The van der Waals surface area contributed by atoms with Crippen LogP contribution in [0.2, 0.25) is 0 Å². The molecule has 29 heavy (non-hydrogen) atoms. The Bertz CT molecular complexity index is 1040. The maximum absolute atomic E-state index is 11.6. The molecule has 0 aliphatic heterocycles. The molecule has 3 rings (SSSR count). The molecule has 0 aliphatic rings. The topological polar surface area (TPSA) is 86.1 Å². The summed E-state index contributed by atoms with van der Waals surface area (Å²) in [6, 6.07) is 17.7. The van der Waals surface area contributed by atoms with Crippen LogP contribution in [0.4, 0.5) is 0 Å². The quantitative estimate of drug-likeness (QED) is 0.391. The molecule has 0 saturated heterocycles. The van der Waals surface area contributed by atoms with Crippen molar-refractivity contribution in [3.05, 3.63) is 66.0 Å². The van der Waals surface area contributed by atoms with E-state index < -0.39 is 10.0 Å². The van der Waals surface area contributed by atoms with E-state index in [1.165, 1.54) is 18.8 Å². The Morgan fingerprint density at radius 2 is 1.79 bits per heavy atom. The third kappa shape index (κ3) is 5.81. The fourth-order valence-corrected chi connectivity index (χ4v) is 4.52. The van der Waals surface area contributed by atoms with Crippen LogP contribution in [-0.4, -0.2) is 41.7 Å². The lowest BCUT2D eigenvalue weighted by molar-refractivity contribution is 0.291. The van der Waals surface area contributed by atoms with Crippen molar-refractivity contribution in [1.29, 1.82) is 0 Å². The number of aromatic nitrogens is 3. The van der Waals surface area contributed by atoms with Crippen molar-refractivity contribution in [2.24, 2.45) is 0 Å². The molecule has 1 N–H and O–H groups in total. The molecule has 0 fully saturated rings. The van der Waals surface area contributed by atoms with Crippen molar-refractivity contribution in [1.82, 2.24) is 19.5 Å². The number of para-hydroxylation sites is 2. The number of benzene rings is 2. The van der Waals surface area contributed by atoms with E-state index in [4.69, 9.17) is 4.74 Å². The van der Waals surface area contributed by atoms with Gasteiger partial charge in [0.15, 0.2) is 11.0 Å². The SMILES string of the molecule is CNS(=O)(=O)CCCSc1nnc(COc2ccccc2C)n1-c1ccccc1. The average Bonchev–Trinajstić information content (AvgIpc) is 3.14. The van der Waals surface area contributed by atoms with E-state index in [0.717, 1.165) is 17.0 Å². The molecule has 1 aromatic heterocycles. The monoisotopic (exact) mass is 432 g/mol. The van der Waals surface area contributed by atoms with E-state index in [-0.39, 0.29) is 12.4 Å². The van der Waals surface area contributed by atoms with Gasteiger partial charge in [0.1, 0.15) is 12.4 Å². The van der Waals surface area contributed by atoms with Crippen LogP contribution >= 0.6 is 11.8 Å². The second-order valence-corrected chi connectivity index (χ2v) is 9.46. The molecule has 0 spiro atoms. The zero-order chi connectivity index (χ0) is 20.7. The molecule has 0 atom stereocenters. The first-order valence-corrected chi connectivity index (χ1v) is 11.9. The Balaban J connectivity index is 1.76. The van der Waals surface area contributed by atoms with Crippen LogP contribution in [0.25, 0.3) is 5.69 Å². The van der Waals surface area contributed by atoms with Crippen molar-refractivity contribution in [2.45, 2.75) is 25.1 Å². The average molecular weight is 433 g/mol. The predicted molar refractivity (Wildman–Crippen MR) is 115 cm³/mol. The first-order chi connectivity index (χ1) is 14.0. The van der Waals surface area contributed by atoms with Crippen molar-refractivity contribution in [3.63, 3.8) is 0 Å². The number of hydrogen-bond donors (Lipinski definition) is 1. The van der Waals surface area contributed by atoms with Crippen molar-refractivity contribution < 1.29 is 13.2 Å². The van der Waals surface area contributed by atoms with E-state index in [2.05, 4.69) is 14.9 Å². The summed E-state index contributed by atoms with van der Waals surface area (Å²) < 4.78 is 33.4. The van der Waals surface area contributed by atoms with Gasteiger partial charge in [-0.1, -0.05) is 48.2 Å². The van der Waals surface area contributed by atoms with Gasteiger partial charge in [-0.05, 0) is 44.2 Å². The Morgan fingerprint density at radius 1 is 1.07 bits per heavy atom. The number of aryl methyl sites for hydroxylation is 1. The lowest BCUT2D eigenvalue weighted by atomic mass is 10.2. The molecule has 0 unspecified atom stereocenters. The number of hydrogen-bond acceptors (Lipinski definition) is 6. The maximum atomic E-state index is 11.6. The van der Waals surface area contributed by atoms with Gasteiger partial charge >= 0.3 is 0 Å². The summed E-state index contributed by atoms with van der Waals surface area (Å²) in [4.78, 5) is 0. The van der Waals surface area contributed by atoms with Crippen LogP contribution in [0.3, 0.4) is 0 Å². The van der Waals surface area contributed by atoms with E-state index in [1.807, 2.05) is 66.1 Å². The number of nitrogens with one attached hydrogen (secondary N) is 1. The summed E-state index contributed by atoms with van der Waals surface area (Å²) in [5.41, 5.74) is 1.99. The van der Waals surface area contributed by atoms with Gasteiger partial charge < -0.3 is 4.74 Å². The zero-order valence-corrected chi connectivity index (χ0v) is 18.0. The van der Waals surface area contributed by atoms with Crippen LogP contribution in [0.5, 0.6) is 5.75 Å². The number of ether oxygens (including phenoxy) is 1. The number of thioether (sulfide) groups is 1. The lowest BCUT2D eigenvalue weighted by Crippen LogP contribution is -2.22. The molecule has 0 amide bonds. The molecule has 9 heteroatoms. The molecule has 1 heterocycles. The largest absolute Gasteiger partial charge is 0.485 e. The summed E-state index contributed by atoms with van der Waals surface area (Å²) in [6.45, 7) is 2.28. The third-order valence-electron chi connectivity index (χ3n) is 4.26. The highest BCUT2D eigenvalue weighted by Gasteiger charge is 2.16. The van der Waals surface area contributed by atoms with Crippen molar-refractivity contribution in [2.75, 3.05) is 18.6 Å². The van der Waals surface area contributed by atoms with Crippen LogP contribution < -0.4 is 9.46 Å². The van der Waals surface area contributed by atoms with E-state index in [9.17, 15) is 8.42 Å². The second-order valence-electron chi connectivity index (χ2n) is 6.35. The minimum Gasteiger partial charge on any atom is -0.485 e. The van der Waals surface area contributed by atoms with E-state index >= 15 is 0 Å². The predicted octanol–water partition coefficient (Wildman–Crippen LogP) is 3.19. The van der Waals surface area contributed by atoms with E-state index in [1.54, 1.807) is 0 Å². The van der Waals surface area contributed by atoms with Gasteiger partial charge in [-0.3, -0.25) is 4.57 Å². The fourth-order valence-electron chi connectivity index (χ4n) is 2.70. The molecular formula is C20H24N4O3S2.